The lowest BCUT2D eigenvalue weighted by atomic mass is 10.3. The van der Waals surface area contributed by atoms with E-state index in [0.29, 0.717) is 30.1 Å². The molecule has 1 N–H and O–H groups in total. The molecular formula is C12H13N7O2. The highest BCUT2D eigenvalue weighted by atomic mass is 16.5. The van der Waals surface area contributed by atoms with E-state index < -0.39 is 0 Å². The van der Waals surface area contributed by atoms with Gasteiger partial charge >= 0.3 is 0 Å². The van der Waals surface area contributed by atoms with E-state index in [9.17, 15) is 0 Å². The fourth-order valence-corrected chi connectivity index (χ4v) is 1.68. The van der Waals surface area contributed by atoms with E-state index in [1.807, 2.05) is 13.2 Å². The van der Waals surface area contributed by atoms with Crippen molar-refractivity contribution in [3.8, 4) is 17.3 Å². The minimum atomic E-state index is 0.320. The largest absolute Gasteiger partial charge is 0.481 e. The minimum Gasteiger partial charge on any atom is -0.481 e. The van der Waals surface area contributed by atoms with Crippen LogP contribution < -0.4 is 10.1 Å². The monoisotopic (exact) mass is 287 g/mol. The van der Waals surface area contributed by atoms with Crippen molar-refractivity contribution in [1.82, 2.24) is 29.9 Å². The van der Waals surface area contributed by atoms with Crippen molar-refractivity contribution in [3.63, 3.8) is 0 Å². The molecule has 108 valence electrons. The first-order valence-corrected chi connectivity index (χ1v) is 6.17. The Balaban J connectivity index is 1.67. The van der Waals surface area contributed by atoms with Gasteiger partial charge in [0.25, 0.3) is 0 Å². The summed E-state index contributed by atoms with van der Waals surface area (Å²) in [7, 11) is 3.37. The van der Waals surface area contributed by atoms with Crippen LogP contribution in [0.1, 0.15) is 5.89 Å². The summed E-state index contributed by atoms with van der Waals surface area (Å²) >= 11 is 0. The summed E-state index contributed by atoms with van der Waals surface area (Å²) in [6.07, 6.45) is 5.09. The SMILES string of the molecule is COc1ccnc(NCc2nc(-c3cnn(C)c3)no2)n1. The van der Waals surface area contributed by atoms with Gasteiger partial charge < -0.3 is 14.6 Å². The van der Waals surface area contributed by atoms with Crippen LogP contribution in [0.25, 0.3) is 11.4 Å². The van der Waals surface area contributed by atoms with E-state index in [-0.39, 0.29) is 0 Å². The van der Waals surface area contributed by atoms with Gasteiger partial charge in [-0.15, -0.1) is 0 Å². The average molecular weight is 287 g/mol. The van der Waals surface area contributed by atoms with Gasteiger partial charge in [-0.1, -0.05) is 5.16 Å². The van der Waals surface area contributed by atoms with Crippen LogP contribution in [-0.2, 0) is 13.6 Å². The van der Waals surface area contributed by atoms with Gasteiger partial charge in [0, 0.05) is 25.5 Å². The van der Waals surface area contributed by atoms with Crippen LogP contribution in [0.4, 0.5) is 5.95 Å². The molecule has 0 aromatic carbocycles. The topological polar surface area (TPSA) is 104 Å². The molecule has 3 aromatic rings. The zero-order valence-corrected chi connectivity index (χ0v) is 11.5. The lowest BCUT2D eigenvalue weighted by Gasteiger charge is -2.02. The molecule has 0 unspecified atom stereocenters. The Morgan fingerprint density at radius 3 is 3.05 bits per heavy atom. The maximum absolute atomic E-state index is 5.16. The highest BCUT2D eigenvalue weighted by Gasteiger charge is 2.10. The summed E-state index contributed by atoms with van der Waals surface area (Å²) in [4.78, 5) is 12.5. The molecule has 0 fully saturated rings. The third-order valence-corrected chi connectivity index (χ3v) is 2.67. The summed E-state index contributed by atoms with van der Waals surface area (Å²) < 4.78 is 11.9. The van der Waals surface area contributed by atoms with Gasteiger partial charge in [0.05, 0.1) is 25.4 Å². The van der Waals surface area contributed by atoms with Gasteiger partial charge in [-0.3, -0.25) is 4.68 Å². The number of ether oxygens (including phenoxy) is 1. The number of rotatable bonds is 5. The Hall–Kier alpha value is -2.97. The molecule has 9 nitrogen and oxygen atoms in total. The number of nitrogens with zero attached hydrogens (tertiary/aromatic N) is 6. The van der Waals surface area contributed by atoms with Crippen LogP contribution in [0.5, 0.6) is 5.88 Å². The van der Waals surface area contributed by atoms with Gasteiger partial charge in [0.1, 0.15) is 0 Å². The molecule has 0 aliphatic carbocycles. The molecule has 0 atom stereocenters. The molecule has 0 saturated heterocycles. The third-order valence-electron chi connectivity index (χ3n) is 2.67. The van der Waals surface area contributed by atoms with E-state index in [0.717, 1.165) is 5.56 Å². The highest BCUT2D eigenvalue weighted by molar-refractivity contribution is 5.51. The first kappa shape index (κ1) is 13.0. The second-order valence-corrected chi connectivity index (χ2v) is 4.19. The second-order valence-electron chi connectivity index (χ2n) is 4.19. The van der Waals surface area contributed by atoms with E-state index in [1.165, 1.54) is 0 Å². The summed E-state index contributed by atoms with van der Waals surface area (Å²) in [5.41, 5.74) is 0.796. The number of nitrogens with one attached hydrogen (secondary N) is 1. The summed E-state index contributed by atoms with van der Waals surface area (Å²) in [5, 5.41) is 10.9. The Labute approximate surface area is 120 Å². The van der Waals surface area contributed by atoms with Crippen LogP contribution in [0, 0.1) is 0 Å². The van der Waals surface area contributed by atoms with Crippen LogP contribution in [0.3, 0.4) is 0 Å². The van der Waals surface area contributed by atoms with Gasteiger partial charge in [0.2, 0.25) is 23.5 Å². The van der Waals surface area contributed by atoms with Crippen LogP contribution in [-0.4, -0.2) is 37.0 Å². The van der Waals surface area contributed by atoms with E-state index in [1.54, 1.807) is 30.3 Å². The van der Waals surface area contributed by atoms with Crippen molar-refractivity contribution < 1.29 is 9.26 Å². The smallest absolute Gasteiger partial charge is 0.246 e. The van der Waals surface area contributed by atoms with Crippen LogP contribution in [0.15, 0.2) is 29.2 Å². The van der Waals surface area contributed by atoms with Crippen molar-refractivity contribution in [3.05, 3.63) is 30.5 Å². The lowest BCUT2D eigenvalue weighted by Crippen LogP contribution is -2.04. The fraction of sp³-hybridized carbons (Fsp3) is 0.250. The molecule has 0 bridgehead atoms. The molecule has 0 radical (unpaired) electrons. The van der Waals surface area contributed by atoms with Gasteiger partial charge in [-0.05, 0) is 0 Å². The molecule has 0 saturated carbocycles. The number of hydrogen-bond donors (Lipinski definition) is 1. The standard InChI is InChI=1S/C12H13N7O2/c1-19-7-8(5-15-19)11-16-10(21-18-11)6-14-12-13-4-3-9(17-12)20-2/h3-5,7H,6H2,1-2H3,(H,13,14,17). The third kappa shape index (κ3) is 2.96. The summed E-state index contributed by atoms with van der Waals surface area (Å²) in [5.74, 6) is 1.83. The predicted octanol–water partition coefficient (Wildman–Crippen LogP) is 0.881. The maximum Gasteiger partial charge on any atom is 0.246 e. The fourth-order valence-electron chi connectivity index (χ4n) is 1.68. The van der Waals surface area contributed by atoms with Crippen LogP contribution in [0.2, 0.25) is 0 Å². The molecule has 9 heteroatoms. The molecule has 3 heterocycles. The molecule has 3 aromatic heterocycles. The molecule has 3 rings (SSSR count). The highest BCUT2D eigenvalue weighted by Crippen LogP contribution is 2.14. The van der Waals surface area contributed by atoms with Gasteiger partial charge in [0.15, 0.2) is 0 Å². The van der Waals surface area contributed by atoms with E-state index in [2.05, 4.69) is 30.5 Å². The normalized spacial score (nSPS) is 10.6. The second kappa shape index (κ2) is 5.57. The Kier molecular flexibility index (Phi) is 3.46. The summed E-state index contributed by atoms with van der Waals surface area (Å²) in [6.45, 7) is 0.320. The first-order chi connectivity index (χ1) is 10.2. The number of hydrogen-bond acceptors (Lipinski definition) is 8. The molecule has 0 aliphatic rings. The Morgan fingerprint density at radius 1 is 1.38 bits per heavy atom. The first-order valence-electron chi connectivity index (χ1n) is 6.17. The quantitative estimate of drug-likeness (QED) is 0.737. The van der Waals surface area contributed by atoms with Crippen molar-refractivity contribution in [2.45, 2.75) is 6.54 Å². The van der Waals surface area contributed by atoms with Crippen LogP contribution >= 0.6 is 0 Å². The predicted molar refractivity (Wildman–Crippen MR) is 72.4 cm³/mol. The van der Waals surface area contributed by atoms with E-state index in [4.69, 9.17) is 9.26 Å². The minimum absolute atomic E-state index is 0.320. The van der Waals surface area contributed by atoms with Gasteiger partial charge in [-0.25, -0.2) is 4.98 Å². The zero-order valence-electron chi connectivity index (χ0n) is 11.5. The number of aromatic nitrogens is 6. The van der Waals surface area contributed by atoms with E-state index >= 15 is 0 Å². The summed E-state index contributed by atoms with van der Waals surface area (Å²) in [6, 6.07) is 1.67. The number of aryl methyl sites for hydroxylation is 1. The molecule has 0 spiro atoms. The average Bonchev–Trinajstić information content (AvgIpc) is 3.14. The Bertz CT molecular complexity index is 737. The molecule has 0 amide bonds. The van der Waals surface area contributed by atoms with Crippen molar-refractivity contribution in [2.75, 3.05) is 12.4 Å². The lowest BCUT2D eigenvalue weighted by molar-refractivity contribution is 0.383. The van der Waals surface area contributed by atoms with Gasteiger partial charge in [-0.2, -0.15) is 15.1 Å². The van der Waals surface area contributed by atoms with Crippen molar-refractivity contribution in [2.24, 2.45) is 7.05 Å². The molecular weight excluding hydrogens is 274 g/mol. The van der Waals surface area contributed by atoms with Crippen molar-refractivity contribution in [1.29, 1.82) is 0 Å². The zero-order chi connectivity index (χ0) is 14.7. The number of anilines is 1. The number of methoxy groups -OCH3 is 1. The Morgan fingerprint density at radius 2 is 2.29 bits per heavy atom. The van der Waals surface area contributed by atoms with Crippen molar-refractivity contribution >= 4 is 5.95 Å². The maximum atomic E-state index is 5.16. The molecule has 21 heavy (non-hydrogen) atoms. The molecule has 0 aliphatic heterocycles.